The summed E-state index contributed by atoms with van der Waals surface area (Å²) in [5.74, 6) is 1.11. The number of nitrogens with zero attached hydrogens (tertiary/aromatic N) is 1. The molecule has 0 saturated heterocycles. The summed E-state index contributed by atoms with van der Waals surface area (Å²) in [6.07, 6.45) is 0. The zero-order valence-electron chi connectivity index (χ0n) is 16.0. The molecule has 5 heteroatoms. The summed E-state index contributed by atoms with van der Waals surface area (Å²) in [6.45, 7) is 1.88. The number of hydrogen-bond donors (Lipinski definition) is 1. The number of carbonyl (C=O) groups excluding carboxylic acids is 1. The van der Waals surface area contributed by atoms with Crippen molar-refractivity contribution < 1.29 is 14.3 Å². The lowest BCUT2D eigenvalue weighted by Crippen LogP contribution is -2.39. The fraction of sp³-hybridized carbons (Fsp3) is 0.227. The first-order valence-corrected chi connectivity index (χ1v) is 8.78. The monoisotopic (exact) mass is 364 g/mol. The first kappa shape index (κ1) is 18.6. The van der Waals surface area contributed by atoms with Gasteiger partial charge in [0.05, 0.1) is 19.9 Å². The van der Waals surface area contributed by atoms with Crippen LogP contribution in [0.2, 0.25) is 0 Å². The van der Waals surface area contributed by atoms with Crippen LogP contribution in [0.25, 0.3) is 10.8 Å². The first-order valence-electron chi connectivity index (χ1n) is 8.78. The number of hydrogen-bond acceptors (Lipinski definition) is 4. The molecule has 0 aliphatic heterocycles. The number of ether oxygens (including phenoxy) is 2. The Morgan fingerprint density at radius 1 is 0.963 bits per heavy atom. The zero-order valence-corrected chi connectivity index (χ0v) is 16.0. The van der Waals surface area contributed by atoms with E-state index in [-0.39, 0.29) is 11.9 Å². The van der Waals surface area contributed by atoms with Crippen molar-refractivity contribution in [2.75, 3.05) is 31.5 Å². The molecule has 0 bridgehead atoms. The average Bonchev–Trinajstić information content (AvgIpc) is 2.72. The fourth-order valence-corrected chi connectivity index (χ4v) is 2.93. The van der Waals surface area contributed by atoms with Gasteiger partial charge in [0.25, 0.3) is 0 Å². The Morgan fingerprint density at radius 2 is 1.70 bits per heavy atom. The van der Waals surface area contributed by atoms with Crippen LogP contribution < -0.4 is 19.7 Å². The van der Waals surface area contributed by atoms with Gasteiger partial charge in [0.2, 0.25) is 5.91 Å². The van der Waals surface area contributed by atoms with Gasteiger partial charge in [-0.25, -0.2) is 0 Å². The maximum Gasteiger partial charge on any atom is 0.246 e. The van der Waals surface area contributed by atoms with Crippen molar-refractivity contribution in [3.8, 4) is 11.5 Å². The molecule has 1 amide bonds. The van der Waals surface area contributed by atoms with Crippen LogP contribution in [-0.4, -0.2) is 33.2 Å². The molecule has 0 spiro atoms. The van der Waals surface area contributed by atoms with E-state index in [1.165, 1.54) is 5.39 Å². The molecule has 1 atom stereocenters. The number of methoxy groups -OCH3 is 2. The van der Waals surface area contributed by atoms with E-state index in [1.54, 1.807) is 32.4 Å². The highest BCUT2D eigenvalue weighted by Crippen LogP contribution is 2.29. The van der Waals surface area contributed by atoms with Crippen molar-refractivity contribution in [2.45, 2.75) is 13.0 Å². The van der Waals surface area contributed by atoms with Crippen molar-refractivity contribution in [2.24, 2.45) is 0 Å². The third-order valence-electron chi connectivity index (χ3n) is 4.77. The molecular formula is C22H24N2O3. The smallest absolute Gasteiger partial charge is 0.246 e. The highest BCUT2D eigenvalue weighted by Gasteiger charge is 2.20. The van der Waals surface area contributed by atoms with Gasteiger partial charge < -0.3 is 19.7 Å². The second-order valence-electron chi connectivity index (χ2n) is 6.37. The molecule has 1 unspecified atom stereocenters. The van der Waals surface area contributed by atoms with E-state index in [4.69, 9.17) is 9.47 Å². The number of rotatable bonds is 6. The van der Waals surface area contributed by atoms with Gasteiger partial charge in [-0.15, -0.1) is 0 Å². The van der Waals surface area contributed by atoms with E-state index in [2.05, 4.69) is 29.6 Å². The Morgan fingerprint density at radius 3 is 2.41 bits per heavy atom. The molecule has 27 heavy (non-hydrogen) atoms. The SMILES string of the molecule is COc1ccc(NC(=O)C(C)N(C)c2ccc3ccccc3c2)c(OC)c1. The molecule has 0 aromatic heterocycles. The average molecular weight is 364 g/mol. The minimum atomic E-state index is -0.363. The summed E-state index contributed by atoms with van der Waals surface area (Å²) in [6, 6.07) is 19.3. The van der Waals surface area contributed by atoms with Crippen LogP contribution in [-0.2, 0) is 4.79 Å². The standard InChI is InChI=1S/C22H24N2O3/c1-15(22(25)23-20-12-11-19(26-3)14-21(20)27-4)24(2)18-10-9-16-7-5-6-8-17(16)13-18/h5-15H,1-4H3,(H,23,25). The number of anilines is 2. The molecule has 5 nitrogen and oxygen atoms in total. The lowest BCUT2D eigenvalue weighted by Gasteiger charge is -2.26. The maximum atomic E-state index is 12.8. The molecule has 3 aromatic rings. The summed E-state index contributed by atoms with van der Waals surface area (Å²) < 4.78 is 10.5. The molecule has 0 radical (unpaired) electrons. The molecule has 0 aliphatic carbocycles. The van der Waals surface area contributed by atoms with Gasteiger partial charge in [0.1, 0.15) is 17.5 Å². The van der Waals surface area contributed by atoms with Crippen molar-refractivity contribution in [1.82, 2.24) is 0 Å². The van der Waals surface area contributed by atoms with Crippen LogP contribution >= 0.6 is 0 Å². The quantitative estimate of drug-likeness (QED) is 0.708. The molecule has 140 valence electrons. The van der Waals surface area contributed by atoms with E-state index >= 15 is 0 Å². The Kier molecular flexibility index (Phi) is 5.50. The third kappa shape index (κ3) is 3.97. The van der Waals surface area contributed by atoms with Crippen LogP contribution in [0, 0.1) is 0 Å². The summed E-state index contributed by atoms with van der Waals surface area (Å²) in [5.41, 5.74) is 1.60. The van der Waals surface area contributed by atoms with Crippen molar-refractivity contribution in [1.29, 1.82) is 0 Å². The van der Waals surface area contributed by atoms with E-state index in [1.807, 2.05) is 37.1 Å². The Labute approximate surface area is 159 Å². The molecule has 0 aliphatic rings. The number of carbonyl (C=O) groups is 1. The third-order valence-corrected chi connectivity index (χ3v) is 4.77. The van der Waals surface area contributed by atoms with Crippen LogP contribution in [0.4, 0.5) is 11.4 Å². The Bertz CT molecular complexity index is 955. The van der Waals surface area contributed by atoms with Crippen LogP contribution in [0.3, 0.4) is 0 Å². The molecule has 0 saturated carbocycles. The highest BCUT2D eigenvalue weighted by atomic mass is 16.5. The van der Waals surface area contributed by atoms with Gasteiger partial charge in [0, 0.05) is 18.8 Å². The summed E-state index contributed by atoms with van der Waals surface area (Å²) in [5, 5.41) is 5.26. The zero-order chi connectivity index (χ0) is 19.4. The van der Waals surface area contributed by atoms with Gasteiger partial charge in [-0.05, 0) is 42.0 Å². The van der Waals surface area contributed by atoms with E-state index in [9.17, 15) is 4.79 Å². The fourth-order valence-electron chi connectivity index (χ4n) is 2.93. The molecule has 3 aromatic carbocycles. The maximum absolute atomic E-state index is 12.8. The van der Waals surface area contributed by atoms with Crippen molar-refractivity contribution in [3.63, 3.8) is 0 Å². The number of fused-ring (bicyclic) bond motifs is 1. The Balaban J connectivity index is 1.77. The normalized spacial score (nSPS) is 11.7. The van der Waals surface area contributed by atoms with Crippen LogP contribution in [0.5, 0.6) is 11.5 Å². The molecule has 1 N–H and O–H groups in total. The number of amides is 1. The van der Waals surface area contributed by atoms with Crippen molar-refractivity contribution >= 4 is 28.1 Å². The topological polar surface area (TPSA) is 50.8 Å². The van der Waals surface area contributed by atoms with Crippen LogP contribution in [0.1, 0.15) is 6.92 Å². The van der Waals surface area contributed by atoms with Gasteiger partial charge >= 0.3 is 0 Å². The summed E-state index contributed by atoms with van der Waals surface area (Å²) >= 11 is 0. The predicted octanol–water partition coefficient (Wildman–Crippen LogP) is 4.32. The number of likely N-dealkylation sites (N-methyl/N-ethyl adjacent to an activating group) is 1. The molecule has 3 rings (SSSR count). The van der Waals surface area contributed by atoms with Crippen molar-refractivity contribution in [3.05, 3.63) is 60.7 Å². The largest absolute Gasteiger partial charge is 0.497 e. The molecular weight excluding hydrogens is 340 g/mol. The number of nitrogens with one attached hydrogen (secondary N) is 1. The van der Waals surface area contributed by atoms with Gasteiger partial charge in [0.15, 0.2) is 0 Å². The van der Waals surface area contributed by atoms with Crippen LogP contribution in [0.15, 0.2) is 60.7 Å². The predicted molar refractivity (Wildman–Crippen MR) is 110 cm³/mol. The highest BCUT2D eigenvalue weighted by molar-refractivity contribution is 5.98. The number of benzene rings is 3. The summed E-state index contributed by atoms with van der Waals surface area (Å²) in [7, 11) is 5.07. The first-order chi connectivity index (χ1) is 13.0. The molecule has 0 fully saturated rings. The van der Waals surface area contributed by atoms with Gasteiger partial charge in [-0.1, -0.05) is 30.3 Å². The van der Waals surface area contributed by atoms with E-state index in [0.717, 1.165) is 11.1 Å². The van der Waals surface area contributed by atoms with E-state index < -0.39 is 0 Å². The molecule has 0 heterocycles. The minimum Gasteiger partial charge on any atom is -0.497 e. The second-order valence-corrected chi connectivity index (χ2v) is 6.37. The van der Waals surface area contributed by atoms with Gasteiger partial charge in [-0.2, -0.15) is 0 Å². The second kappa shape index (κ2) is 7.99. The minimum absolute atomic E-state index is 0.117. The van der Waals surface area contributed by atoms with Gasteiger partial charge in [-0.3, -0.25) is 4.79 Å². The van der Waals surface area contributed by atoms with E-state index in [0.29, 0.717) is 17.2 Å². The Hall–Kier alpha value is -3.21. The lowest BCUT2D eigenvalue weighted by atomic mass is 10.1. The summed E-state index contributed by atoms with van der Waals surface area (Å²) in [4.78, 5) is 14.7. The lowest BCUT2D eigenvalue weighted by molar-refractivity contribution is -0.117.